The molecule has 2 unspecified atom stereocenters. The van der Waals surface area contributed by atoms with Gasteiger partial charge in [-0.2, -0.15) is 0 Å². The summed E-state index contributed by atoms with van der Waals surface area (Å²) < 4.78 is 13.2. The molecule has 1 aliphatic heterocycles. The first kappa shape index (κ1) is 13.8. The molecule has 1 fully saturated rings. The van der Waals surface area contributed by atoms with Crippen LogP contribution in [0.25, 0.3) is 0 Å². The topological polar surface area (TPSA) is 29.3 Å². The molecule has 1 heterocycles. The van der Waals surface area contributed by atoms with E-state index in [0.717, 1.165) is 24.4 Å². The summed E-state index contributed by atoms with van der Waals surface area (Å²) in [6.45, 7) is 4.60. The molecule has 0 amide bonds. The van der Waals surface area contributed by atoms with Crippen LogP contribution in [0.2, 0.25) is 5.02 Å². The van der Waals surface area contributed by atoms with Gasteiger partial charge in [-0.25, -0.2) is 4.39 Å². The first-order valence-electron chi connectivity index (χ1n) is 6.48. The van der Waals surface area contributed by atoms with Crippen molar-refractivity contribution in [2.75, 3.05) is 13.1 Å². The minimum atomic E-state index is -0.232. The van der Waals surface area contributed by atoms with Crippen LogP contribution in [0, 0.1) is 11.7 Å². The number of halogens is 2. The van der Waals surface area contributed by atoms with Gasteiger partial charge in [0.25, 0.3) is 0 Å². The highest BCUT2D eigenvalue weighted by Gasteiger charge is 2.25. The van der Waals surface area contributed by atoms with Crippen LogP contribution in [0.3, 0.4) is 0 Å². The lowest BCUT2D eigenvalue weighted by Crippen LogP contribution is -2.45. The summed E-state index contributed by atoms with van der Waals surface area (Å²) in [6, 6.07) is 4.92. The predicted octanol–water partition coefficient (Wildman–Crippen LogP) is 3.04. The predicted molar refractivity (Wildman–Crippen MR) is 73.1 cm³/mol. The average Bonchev–Trinajstić information content (AvgIpc) is 2.36. The molecule has 2 nitrogen and oxygen atoms in total. The van der Waals surface area contributed by atoms with Gasteiger partial charge in [0.15, 0.2) is 0 Å². The molecule has 1 aliphatic rings. The van der Waals surface area contributed by atoms with Crippen LogP contribution in [0.1, 0.15) is 25.3 Å². The van der Waals surface area contributed by atoms with Crippen LogP contribution in [-0.2, 0) is 6.54 Å². The van der Waals surface area contributed by atoms with E-state index < -0.39 is 0 Å². The Kier molecular flexibility index (Phi) is 4.60. The molecule has 0 aromatic heterocycles. The average molecular weight is 271 g/mol. The molecule has 1 aromatic rings. The molecule has 0 bridgehead atoms. The Morgan fingerprint density at radius 3 is 3.00 bits per heavy atom. The zero-order chi connectivity index (χ0) is 13.1. The smallest absolute Gasteiger partial charge is 0.123 e. The molecule has 0 radical (unpaired) electrons. The summed E-state index contributed by atoms with van der Waals surface area (Å²) in [7, 11) is 0. The van der Waals surface area contributed by atoms with Gasteiger partial charge in [0.2, 0.25) is 0 Å². The largest absolute Gasteiger partial charge is 0.329 e. The summed E-state index contributed by atoms with van der Waals surface area (Å²) in [5, 5.41) is 0.630. The number of hydrogen-bond donors (Lipinski definition) is 1. The summed E-state index contributed by atoms with van der Waals surface area (Å²) >= 11 is 6.11. The Labute approximate surface area is 113 Å². The third kappa shape index (κ3) is 3.22. The second-order valence-corrected chi connectivity index (χ2v) is 5.63. The van der Waals surface area contributed by atoms with Crippen LogP contribution >= 0.6 is 11.6 Å². The summed E-state index contributed by atoms with van der Waals surface area (Å²) in [4.78, 5) is 2.32. The molecular weight excluding hydrogens is 251 g/mol. The Morgan fingerprint density at radius 2 is 2.28 bits per heavy atom. The second kappa shape index (κ2) is 6.00. The van der Waals surface area contributed by atoms with Crippen molar-refractivity contribution < 1.29 is 4.39 Å². The fraction of sp³-hybridized carbons (Fsp3) is 0.571. The molecular formula is C14H20ClFN2. The molecule has 2 N–H and O–H groups in total. The van der Waals surface area contributed by atoms with Crippen molar-refractivity contribution in [3.05, 3.63) is 34.6 Å². The van der Waals surface area contributed by atoms with Gasteiger partial charge in [0.1, 0.15) is 5.82 Å². The number of likely N-dealkylation sites (tertiary alicyclic amines) is 1. The maximum atomic E-state index is 13.2. The lowest BCUT2D eigenvalue weighted by molar-refractivity contribution is 0.115. The standard InChI is InChI=1S/C14H20ClFN2/c1-10-4-5-18(13(6-10)8-17)9-11-7-12(16)2-3-14(11)15/h2-3,7,10,13H,4-6,8-9,17H2,1H3. The van der Waals surface area contributed by atoms with Crippen molar-refractivity contribution in [3.63, 3.8) is 0 Å². The quantitative estimate of drug-likeness (QED) is 0.915. The van der Waals surface area contributed by atoms with Gasteiger partial charge in [0.05, 0.1) is 0 Å². The molecule has 100 valence electrons. The summed E-state index contributed by atoms with van der Waals surface area (Å²) in [6.07, 6.45) is 2.28. The van der Waals surface area contributed by atoms with E-state index in [-0.39, 0.29) is 5.82 Å². The summed E-state index contributed by atoms with van der Waals surface area (Å²) in [5.74, 6) is 0.488. The van der Waals surface area contributed by atoms with E-state index in [4.69, 9.17) is 17.3 Å². The van der Waals surface area contributed by atoms with Gasteiger partial charge in [-0.3, -0.25) is 4.90 Å². The number of rotatable bonds is 3. The Bertz CT molecular complexity index is 411. The van der Waals surface area contributed by atoms with Crippen molar-refractivity contribution in [1.29, 1.82) is 0 Å². The van der Waals surface area contributed by atoms with Crippen LogP contribution in [0.15, 0.2) is 18.2 Å². The van der Waals surface area contributed by atoms with Crippen molar-refractivity contribution in [1.82, 2.24) is 4.90 Å². The molecule has 0 aliphatic carbocycles. The molecule has 2 rings (SSSR count). The lowest BCUT2D eigenvalue weighted by atomic mass is 9.92. The van der Waals surface area contributed by atoms with Crippen LogP contribution < -0.4 is 5.73 Å². The zero-order valence-electron chi connectivity index (χ0n) is 10.7. The van der Waals surface area contributed by atoms with Gasteiger partial charge in [0, 0.05) is 24.2 Å². The van der Waals surface area contributed by atoms with Crippen molar-refractivity contribution in [2.24, 2.45) is 11.7 Å². The molecule has 18 heavy (non-hydrogen) atoms. The van der Waals surface area contributed by atoms with E-state index in [1.54, 1.807) is 6.07 Å². The number of nitrogens with two attached hydrogens (primary N) is 1. The van der Waals surface area contributed by atoms with Crippen LogP contribution in [0.4, 0.5) is 4.39 Å². The van der Waals surface area contributed by atoms with E-state index in [2.05, 4.69) is 11.8 Å². The first-order chi connectivity index (χ1) is 8.60. The monoisotopic (exact) mass is 270 g/mol. The van der Waals surface area contributed by atoms with E-state index in [1.807, 2.05) is 0 Å². The van der Waals surface area contributed by atoms with E-state index >= 15 is 0 Å². The van der Waals surface area contributed by atoms with Crippen molar-refractivity contribution in [3.8, 4) is 0 Å². The highest BCUT2D eigenvalue weighted by atomic mass is 35.5. The maximum absolute atomic E-state index is 13.2. The third-order valence-electron chi connectivity index (χ3n) is 3.75. The Hall–Kier alpha value is -0.640. The number of piperidine rings is 1. The van der Waals surface area contributed by atoms with E-state index in [9.17, 15) is 4.39 Å². The first-order valence-corrected chi connectivity index (χ1v) is 6.86. The minimum Gasteiger partial charge on any atom is -0.329 e. The van der Waals surface area contributed by atoms with Gasteiger partial charge in [-0.05, 0) is 49.1 Å². The maximum Gasteiger partial charge on any atom is 0.123 e. The molecule has 1 aromatic carbocycles. The van der Waals surface area contributed by atoms with Gasteiger partial charge >= 0.3 is 0 Å². The highest BCUT2D eigenvalue weighted by Crippen LogP contribution is 2.26. The summed E-state index contributed by atoms with van der Waals surface area (Å²) in [5.41, 5.74) is 6.68. The number of nitrogens with zero attached hydrogens (tertiary/aromatic N) is 1. The van der Waals surface area contributed by atoms with Crippen LogP contribution in [0.5, 0.6) is 0 Å². The molecule has 0 spiro atoms. The lowest BCUT2D eigenvalue weighted by Gasteiger charge is -2.38. The number of hydrogen-bond acceptors (Lipinski definition) is 2. The SMILES string of the molecule is CC1CCN(Cc2cc(F)ccc2Cl)C(CN)C1. The van der Waals surface area contributed by atoms with Crippen molar-refractivity contribution in [2.45, 2.75) is 32.4 Å². The fourth-order valence-electron chi connectivity index (χ4n) is 2.64. The third-order valence-corrected chi connectivity index (χ3v) is 4.12. The van der Waals surface area contributed by atoms with Crippen molar-refractivity contribution >= 4 is 11.6 Å². The fourth-order valence-corrected chi connectivity index (χ4v) is 2.81. The highest BCUT2D eigenvalue weighted by molar-refractivity contribution is 6.31. The molecule has 1 saturated heterocycles. The zero-order valence-corrected chi connectivity index (χ0v) is 11.5. The number of benzene rings is 1. The van der Waals surface area contributed by atoms with Gasteiger partial charge < -0.3 is 5.73 Å². The van der Waals surface area contributed by atoms with E-state index in [1.165, 1.54) is 18.6 Å². The van der Waals surface area contributed by atoms with Gasteiger partial charge in [-0.1, -0.05) is 18.5 Å². The molecule has 0 saturated carbocycles. The minimum absolute atomic E-state index is 0.232. The molecule has 4 heteroatoms. The van der Waals surface area contributed by atoms with E-state index in [0.29, 0.717) is 24.2 Å². The van der Waals surface area contributed by atoms with Crippen LogP contribution in [-0.4, -0.2) is 24.0 Å². The Balaban J connectivity index is 2.10. The Morgan fingerprint density at radius 1 is 1.50 bits per heavy atom. The van der Waals surface area contributed by atoms with Gasteiger partial charge in [-0.15, -0.1) is 0 Å². The molecule has 2 atom stereocenters. The normalized spacial score (nSPS) is 25.3. The second-order valence-electron chi connectivity index (χ2n) is 5.23.